The standard InChI is InChI=1S/C23H26N4O/c1-16-12-17(2)27(25-16)13-18-8-10-20(11-9-18)23(28)26-14-21(22(24)15-26)19-6-4-3-5-7-19/h3-12,21-22H,13-15,24H2,1-2H3/t21-,22+/m0/s1. The second kappa shape index (κ2) is 7.60. The van der Waals surface area contributed by atoms with Gasteiger partial charge in [0.1, 0.15) is 0 Å². The summed E-state index contributed by atoms with van der Waals surface area (Å²) in [5, 5.41) is 4.50. The summed E-state index contributed by atoms with van der Waals surface area (Å²) >= 11 is 0. The Balaban J connectivity index is 1.44. The first-order valence-electron chi connectivity index (χ1n) is 9.71. The summed E-state index contributed by atoms with van der Waals surface area (Å²) in [6.07, 6.45) is 0. The molecule has 1 aliphatic rings. The predicted octanol–water partition coefficient (Wildman–Crippen LogP) is 3.12. The molecule has 1 aromatic heterocycles. The fourth-order valence-electron chi connectivity index (χ4n) is 3.99. The van der Waals surface area contributed by atoms with Crippen molar-refractivity contribution in [3.8, 4) is 0 Å². The number of hydrogen-bond acceptors (Lipinski definition) is 3. The fraction of sp³-hybridized carbons (Fsp3) is 0.304. The molecule has 0 radical (unpaired) electrons. The SMILES string of the molecule is Cc1cc(C)n(Cc2ccc(C(=O)N3C[C@@H](N)[C@H](c4ccccc4)C3)cc2)n1. The zero-order valence-electron chi connectivity index (χ0n) is 16.4. The third-order valence-electron chi connectivity index (χ3n) is 5.52. The van der Waals surface area contributed by atoms with E-state index in [1.54, 1.807) is 0 Å². The Hall–Kier alpha value is -2.92. The van der Waals surface area contributed by atoms with E-state index in [2.05, 4.69) is 30.2 Å². The van der Waals surface area contributed by atoms with Crippen molar-refractivity contribution in [3.63, 3.8) is 0 Å². The van der Waals surface area contributed by atoms with Crippen molar-refractivity contribution in [3.05, 3.63) is 88.7 Å². The van der Waals surface area contributed by atoms with Gasteiger partial charge in [0, 0.05) is 36.3 Å². The number of nitrogens with two attached hydrogens (primary N) is 1. The largest absolute Gasteiger partial charge is 0.336 e. The predicted molar refractivity (Wildman–Crippen MR) is 110 cm³/mol. The number of nitrogens with zero attached hydrogens (tertiary/aromatic N) is 3. The summed E-state index contributed by atoms with van der Waals surface area (Å²) in [7, 11) is 0. The zero-order valence-corrected chi connectivity index (χ0v) is 16.4. The van der Waals surface area contributed by atoms with Gasteiger partial charge < -0.3 is 10.6 Å². The third-order valence-corrected chi connectivity index (χ3v) is 5.52. The number of carbonyl (C=O) groups is 1. The number of aromatic nitrogens is 2. The van der Waals surface area contributed by atoms with Gasteiger partial charge >= 0.3 is 0 Å². The molecule has 2 aromatic carbocycles. The first-order valence-corrected chi connectivity index (χ1v) is 9.71. The molecule has 3 aromatic rings. The molecule has 0 aliphatic carbocycles. The number of aryl methyl sites for hydroxylation is 2. The van der Waals surface area contributed by atoms with E-state index in [9.17, 15) is 4.79 Å². The van der Waals surface area contributed by atoms with E-state index in [1.807, 2.05) is 59.0 Å². The van der Waals surface area contributed by atoms with Crippen LogP contribution in [0.25, 0.3) is 0 Å². The van der Waals surface area contributed by atoms with E-state index in [0.29, 0.717) is 25.2 Å². The van der Waals surface area contributed by atoms with Gasteiger partial charge in [-0.2, -0.15) is 5.10 Å². The van der Waals surface area contributed by atoms with Crippen LogP contribution < -0.4 is 5.73 Å². The van der Waals surface area contributed by atoms with Crippen molar-refractivity contribution >= 4 is 5.91 Å². The van der Waals surface area contributed by atoms with Crippen LogP contribution in [0.2, 0.25) is 0 Å². The number of amides is 1. The molecule has 144 valence electrons. The van der Waals surface area contributed by atoms with Crippen molar-refractivity contribution in [2.45, 2.75) is 32.4 Å². The van der Waals surface area contributed by atoms with Crippen LogP contribution >= 0.6 is 0 Å². The first-order chi connectivity index (χ1) is 13.5. The Morgan fingerprint density at radius 3 is 2.43 bits per heavy atom. The van der Waals surface area contributed by atoms with Crippen LogP contribution in [0.15, 0.2) is 60.7 Å². The number of hydrogen-bond donors (Lipinski definition) is 1. The molecule has 2 heterocycles. The van der Waals surface area contributed by atoms with E-state index in [1.165, 1.54) is 5.56 Å². The summed E-state index contributed by atoms with van der Waals surface area (Å²) in [4.78, 5) is 14.8. The quantitative estimate of drug-likeness (QED) is 0.763. The molecule has 1 fully saturated rings. The highest BCUT2D eigenvalue weighted by molar-refractivity contribution is 5.94. The summed E-state index contributed by atoms with van der Waals surface area (Å²) in [6, 6.07) is 20.1. The third kappa shape index (κ3) is 3.71. The lowest BCUT2D eigenvalue weighted by Crippen LogP contribution is -2.32. The van der Waals surface area contributed by atoms with Crippen LogP contribution in [0, 0.1) is 13.8 Å². The minimum absolute atomic E-state index is 0.0309. The smallest absolute Gasteiger partial charge is 0.253 e. The van der Waals surface area contributed by atoms with Crippen LogP contribution in [-0.2, 0) is 6.54 Å². The normalized spacial score (nSPS) is 19.2. The Labute approximate surface area is 165 Å². The van der Waals surface area contributed by atoms with Gasteiger partial charge in [0.25, 0.3) is 5.91 Å². The fourth-order valence-corrected chi connectivity index (χ4v) is 3.99. The number of likely N-dealkylation sites (tertiary alicyclic amines) is 1. The van der Waals surface area contributed by atoms with Crippen molar-refractivity contribution in [2.75, 3.05) is 13.1 Å². The molecular weight excluding hydrogens is 348 g/mol. The van der Waals surface area contributed by atoms with Crippen LogP contribution in [-0.4, -0.2) is 39.7 Å². The van der Waals surface area contributed by atoms with Crippen LogP contribution in [0.4, 0.5) is 0 Å². The Bertz CT molecular complexity index is 962. The van der Waals surface area contributed by atoms with E-state index >= 15 is 0 Å². The van der Waals surface area contributed by atoms with Gasteiger partial charge in [-0.05, 0) is 43.2 Å². The molecule has 5 nitrogen and oxygen atoms in total. The average molecular weight is 374 g/mol. The number of benzene rings is 2. The molecule has 0 bridgehead atoms. The second-order valence-corrected chi connectivity index (χ2v) is 7.67. The molecule has 28 heavy (non-hydrogen) atoms. The summed E-state index contributed by atoms with van der Waals surface area (Å²) in [5.41, 5.74) is 11.5. The minimum atomic E-state index is -0.0309. The summed E-state index contributed by atoms with van der Waals surface area (Å²) in [5.74, 6) is 0.238. The molecule has 2 atom stereocenters. The second-order valence-electron chi connectivity index (χ2n) is 7.67. The van der Waals surface area contributed by atoms with Crippen molar-refractivity contribution < 1.29 is 4.79 Å². The molecule has 5 heteroatoms. The molecule has 4 rings (SSSR count). The monoisotopic (exact) mass is 374 g/mol. The van der Waals surface area contributed by atoms with Gasteiger partial charge in [-0.25, -0.2) is 0 Å². The lowest BCUT2D eigenvalue weighted by atomic mass is 9.95. The molecule has 0 spiro atoms. The van der Waals surface area contributed by atoms with Crippen LogP contribution in [0.1, 0.15) is 38.8 Å². The van der Waals surface area contributed by atoms with E-state index in [0.717, 1.165) is 17.0 Å². The lowest BCUT2D eigenvalue weighted by molar-refractivity contribution is 0.0789. The van der Waals surface area contributed by atoms with Crippen molar-refractivity contribution in [1.29, 1.82) is 0 Å². The van der Waals surface area contributed by atoms with Crippen molar-refractivity contribution in [2.24, 2.45) is 5.73 Å². The number of carbonyl (C=O) groups excluding carboxylic acids is 1. The molecule has 1 amide bonds. The molecule has 0 unspecified atom stereocenters. The molecule has 1 aliphatic heterocycles. The van der Waals surface area contributed by atoms with E-state index < -0.39 is 0 Å². The van der Waals surface area contributed by atoms with Crippen LogP contribution in [0.3, 0.4) is 0 Å². The maximum absolute atomic E-state index is 12.9. The van der Waals surface area contributed by atoms with Gasteiger partial charge in [-0.1, -0.05) is 42.5 Å². The van der Waals surface area contributed by atoms with E-state index in [4.69, 9.17) is 5.73 Å². The van der Waals surface area contributed by atoms with Crippen molar-refractivity contribution in [1.82, 2.24) is 14.7 Å². The highest BCUT2D eigenvalue weighted by atomic mass is 16.2. The maximum atomic E-state index is 12.9. The van der Waals surface area contributed by atoms with Gasteiger partial charge in [0.15, 0.2) is 0 Å². The molecule has 1 saturated heterocycles. The zero-order chi connectivity index (χ0) is 19.7. The van der Waals surface area contributed by atoms with Gasteiger partial charge in [-0.3, -0.25) is 9.48 Å². The van der Waals surface area contributed by atoms with E-state index in [-0.39, 0.29) is 17.9 Å². The highest BCUT2D eigenvalue weighted by Gasteiger charge is 2.34. The van der Waals surface area contributed by atoms with Gasteiger partial charge in [0.2, 0.25) is 0 Å². The first kappa shape index (κ1) is 18.4. The maximum Gasteiger partial charge on any atom is 0.253 e. The minimum Gasteiger partial charge on any atom is -0.336 e. The molecule has 2 N–H and O–H groups in total. The highest BCUT2D eigenvalue weighted by Crippen LogP contribution is 2.27. The summed E-state index contributed by atoms with van der Waals surface area (Å²) in [6.45, 7) is 6.01. The van der Waals surface area contributed by atoms with Gasteiger partial charge in [0.05, 0.1) is 12.2 Å². The van der Waals surface area contributed by atoms with Crippen LogP contribution in [0.5, 0.6) is 0 Å². The Kier molecular flexibility index (Phi) is 5.01. The Morgan fingerprint density at radius 2 is 1.79 bits per heavy atom. The molecule has 0 saturated carbocycles. The average Bonchev–Trinajstić information content (AvgIpc) is 3.24. The Morgan fingerprint density at radius 1 is 1.07 bits per heavy atom. The number of rotatable bonds is 4. The lowest BCUT2D eigenvalue weighted by Gasteiger charge is -2.17. The topological polar surface area (TPSA) is 64.2 Å². The molecular formula is C23H26N4O. The van der Waals surface area contributed by atoms with Gasteiger partial charge in [-0.15, -0.1) is 0 Å². The summed E-state index contributed by atoms with van der Waals surface area (Å²) < 4.78 is 1.98.